The fourth-order valence-corrected chi connectivity index (χ4v) is 3.09. The first kappa shape index (κ1) is 16.3. The molecule has 1 saturated heterocycles. The van der Waals surface area contributed by atoms with Crippen molar-refractivity contribution >= 4 is 11.6 Å². The van der Waals surface area contributed by atoms with Crippen LogP contribution in [0.5, 0.6) is 5.75 Å². The molecule has 0 N–H and O–H groups in total. The average Bonchev–Trinajstić information content (AvgIpc) is 2.58. The third kappa shape index (κ3) is 4.05. The van der Waals surface area contributed by atoms with E-state index in [4.69, 9.17) is 21.1 Å². The predicted molar refractivity (Wildman–Crippen MR) is 94.4 cm³/mol. The van der Waals surface area contributed by atoms with Crippen molar-refractivity contribution in [2.45, 2.75) is 6.92 Å². The molecule has 2 aromatic rings. The molecule has 0 saturated carbocycles. The van der Waals surface area contributed by atoms with Crippen molar-refractivity contribution in [2.24, 2.45) is 0 Å². The van der Waals surface area contributed by atoms with Crippen LogP contribution in [0.15, 0.2) is 42.5 Å². The number of nitrogens with zero attached hydrogens (tertiary/aromatic N) is 1. The molecule has 0 spiro atoms. The van der Waals surface area contributed by atoms with Gasteiger partial charge in [-0.25, -0.2) is 0 Å². The molecule has 122 valence electrons. The van der Waals surface area contributed by atoms with E-state index in [0.29, 0.717) is 6.61 Å². The molecule has 0 radical (unpaired) electrons. The fraction of sp³-hybridized carbons (Fsp3) is 0.368. The lowest BCUT2D eigenvalue weighted by Crippen LogP contribution is -2.38. The van der Waals surface area contributed by atoms with Gasteiger partial charge in [-0.15, -0.1) is 0 Å². The third-order valence-corrected chi connectivity index (χ3v) is 4.55. The molecule has 3 nitrogen and oxygen atoms in total. The van der Waals surface area contributed by atoms with Crippen molar-refractivity contribution < 1.29 is 9.47 Å². The van der Waals surface area contributed by atoms with Gasteiger partial charge in [-0.2, -0.15) is 0 Å². The second-order valence-electron chi connectivity index (χ2n) is 5.71. The van der Waals surface area contributed by atoms with Gasteiger partial charge in [0.05, 0.1) is 13.2 Å². The quantitative estimate of drug-likeness (QED) is 0.825. The maximum absolute atomic E-state index is 6.33. The van der Waals surface area contributed by atoms with Gasteiger partial charge >= 0.3 is 0 Å². The molecule has 0 aliphatic carbocycles. The van der Waals surface area contributed by atoms with E-state index in [1.807, 2.05) is 36.4 Å². The predicted octanol–water partition coefficient (Wildman–Crippen LogP) is 4.03. The number of hydrogen-bond acceptors (Lipinski definition) is 3. The lowest BCUT2D eigenvalue weighted by atomic mass is 10.00. The zero-order chi connectivity index (χ0) is 16.1. The zero-order valence-corrected chi connectivity index (χ0v) is 14.2. The van der Waals surface area contributed by atoms with Crippen molar-refractivity contribution in [3.05, 3.63) is 53.1 Å². The van der Waals surface area contributed by atoms with Crippen LogP contribution in [0.25, 0.3) is 11.1 Å². The average molecular weight is 332 g/mol. The number of hydrogen-bond donors (Lipinski definition) is 0. The number of morpholine rings is 1. The Bertz CT molecular complexity index is 654. The molecule has 3 rings (SSSR count). The second-order valence-corrected chi connectivity index (χ2v) is 6.12. The zero-order valence-electron chi connectivity index (χ0n) is 13.4. The Morgan fingerprint density at radius 1 is 1.04 bits per heavy atom. The highest BCUT2D eigenvalue weighted by Crippen LogP contribution is 2.34. The Morgan fingerprint density at radius 2 is 1.78 bits per heavy atom. The van der Waals surface area contributed by atoms with E-state index in [9.17, 15) is 0 Å². The minimum absolute atomic E-state index is 0.687. The van der Waals surface area contributed by atoms with Gasteiger partial charge in [-0.1, -0.05) is 41.9 Å². The van der Waals surface area contributed by atoms with Crippen molar-refractivity contribution in [3.8, 4) is 16.9 Å². The van der Waals surface area contributed by atoms with E-state index >= 15 is 0 Å². The topological polar surface area (TPSA) is 21.7 Å². The van der Waals surface area contributed by atoms with Gasteiger partial charge in [0.1, 0.15) is 12.4 Å². The normalized spacial score (nSPS) is 15.6. The highest BCUT2D eigenvalue weighted by molar-refractivity contribution is 6.33. The Balaban J connectivity index is 1.69. The fourth-order valence-electron chi connectivity index (χ4n) is 2.85. The number of ether oxygens (including phenoxy) is 2. The summed E-state index contributed by atoms with van der Waals surface area (Å²) < 4.78 is 11.4. The lowest BCUT2D eigenvalue weighted by Gasteiger charge is -2.26. The maximum atomic E-state index is 6.33. The Hall–Kier alpha value is -1.55. The Morgan fingerprint density at radius 3 is 2.57 bits per heavy atom. The standard InChI is InChI=1S/C19H22ClNO2/c1-15-16(17-5-2-3-7-18(17)20)6-4-8-19(15)23-14-11-21-9-12-22-13-10-21/h2-8H,9-14H2,1H3. The third-order valence-electron chi connectivity index (χ3n) is 4.22. The molecule has 0 atom stereocenters. The summed E-state index contributed by atoms with van der Waals surface area (Å²) in [4.78, 5) is 2.37. The van der Waals surface area contributed by atoms with Crippen LogP contribution < -0.4 is 4.74 Å². The molecular formula is C19H22ClNO2. The molecule has 1 fully saturated rings. The maximum Gasteiger partial charge on any atom is 0.122 e. The summed E-state index contributed by atoms with van der Waals surface area (Å²) >= 11 is 6.33. The highest BCUT2D eigenvalue weighted by atomic mass is 35.5. The van der Waals surface area contributed by atoms with Crippen molar-refractivity contribution in [1.29, 1.82) is 0 Å². The largest absolute Gasteiger partial charge is 0.492 e. The number of halogens is 1. The summed E-state index contributed by atoms with van der Waals surface area (Å²) in [6, 6.07) is 14.1. The first-order valence-electron chi connectivity index (χ1n) is 8.03. The van der Waals surface area contributed by atoms with Crippen LogP contribution in [0.2, 0.25) is 5.02 Å². The minimum atomic E-state index is 0.687. The molecule has 0 unspecified atom stereocenters. The summed E-state index contributed by atoms with van der Waals surface area (Å²) in [5.41, 5.74) is 3.30. The van der Waals surface area contributed by atoms with Gasteiger partial charge in [0.2, 0.25) is 0 Å². The van der Waals surface area contributed by atoms with Gasteiger partial charge in [0, 0.05) is 30.2 Å². The molecule has 2 aromatic carbocycles. The molecule has 1 heterocycles. The van der Waals surface area contributed by atoms with E-state index in [1.54, 1.807) is 0 Å². The van der Waals surface area contributed by atoms with Crippen LogP contribution in [-0.2, 0) is 4.74 Å². The van der Waals surface area contributed by atoms with Gasteiger partial charge in [-0.05, 0) is 30.2 Å². The second kappa shape index (κ2) is 7.82. The summed E-state index contributed by atoms with van der Waals surface area (Å²) in [7, 11) is 0. The summed E-state index contributed by atoms with van der Waals surface area (Å²) in [6.07, 6.45) is 0. The first-order chi connectivity index (χ1) is 11.3. The summed E-state index contributed by atoms with van der Waals surface area (Å²) in [5, 5.41) is 0.765. The molecular weight excluding hydrogens is 310 g/mol. The van der Waals surface area contributed by atoms with Crippen LogP contribution in [0.4, 0.5) is 0 Å². The number of benzene rings is 2. The molecule has 1 aliphatic rings. The molecule has 23 heavy (non-hydrogen) atoms. The Labute approximate surface area is 142 Å². The monoisotopic (exact) mass is 331 g/mol. The lowest BCUT2D eigenvalue weighted by molar-refractivity contribution is 0.0322. The SMILES string of the molecule is Cc1c(OCCN2CCOCC2)cccc1-c1ccccc1Cl. The van der Waals surface area contributed by atoms with Crippen molar-refractivity contribution in [2.75, 3.05) is 39.5 Å². The summed E-state index contributed by atoms with van der Waals surface area (Å²) in [5.74, 6) is 0.927. The van der Waals surface area contributed by atoms with Gasteiger partial charge < -0.3 is 9.47 Å². The minimum Gasteiger partial charge on any atom is -0.492 e. The van der Waals surface area contributed by atoms with E-state index in [1.165, 1.54) is 0 Å². The van der Waals surface area contributed by atoms with Crippen molar-refractivity contribution in [3.63, 3.8) is 0 Å². The van der Waals surface area contributed by atoms with Crippen LogP contribution in [0, 0.1) is 6.92 Å². The highest BCUT2D eigenvalue weighted by Gasteiger charge is 2.12. The van der Waals surface area contributed by atoms with E-state index in [-0.39, 0.29) is 0 Å². The van der Waals surface area contributed by atoms with Crippen LogP contribution in [-0.4, -0.2) is 44.4 Å². The van der Waals surface area contributed by atoms with E-state index < -0.39 is 0 Å². The molecule has 1 aliphatic heterocycles. The van der Waals surface area contributed by atoms with Crippen LogP contribution in [0.3, 0.4) is 0 Å². The van der Waals surface area contributed by atoms with Gasteiger partial charge in [0.25, 0.3) is 0 Å². The van der Waals surface area contributed by atoms with Gasteiger partial charge in [0.15, 0.2) is 0 Å². The van der Waals surface area contributed by atoms with E-state index in [2.05, 4.69) is 17.9 Å². The number of rotatable bonds is 5. The van der Waals surface area contributed by atoms with E-state index in [0.717, 1.165) is 60.3 Å². The molecule has 0 aromatic heterocycles. The van der Waals surface area contributed by atoms with Crippen LogP contribution >= 0.6 is 11.6 Å². The van der Waals surface area contributed by atoms with Crippen molar-refractivity contribution in [1.82, 2.24) is 4.90 Å². The molecule has 0 bridgehead atoms. The molecule has 4 heteroatoms. The molecule has 0 amide bonds. The summed E-state index contributed by atoms with van der Waals surface area (Å²) in [6.45, 7) is 7.32. The Kier molecular flexibility index (Phi) is 5.55. The smallest absolute Gasteiger partial charge is 0.122 e. The van der Waals surface area contributed by atoms with Crippen LogP contribution in [0.1, 0.15) is 5.56 Å². The van der Waals surface area contributed by atoms with Gasteiger partial charge in [-0.3, -0.25) is 4.90 Å². The first-order valence-corrected chi connectivity index (χ1v) is 8.41.